The molecule has 1 amide bonds. The SMILES string of the molecule is CC(C)C1Nc2ccccc2N(CCC(=O)O)C1=O. The largest absolute Gasteiger partial charge is 0.481 e. The minimum absolute atomic E-state index is 0.0507. The number of nitrogens with zero attached hydrogens (tertiary/aromatic N) is 1. The molecule has 2 rings (SSSR count). The summed E-state index contributed by atoms with van der Waals surface area (Å²) in [5, 5.41) is 12.0. The van der Waals surface area contributed by atoms with Gasteiger partial charge in [-0.15, -0.1) is 0 Å². The fourth-order valence-corrected chi connectivity index (χ4v) is 2.24. The van der Waals surface area contributed by atoms with E-state index in [9.17, 15) is 9.59 Å². The third-order valence-corrected chi connectivity index (χ3v) is 3.25. The predicted molar refractivity (Wildman–Crippen MR) is 73.3 cm³/mol. The first-order chi connectivity index (χ1) is 9.00. The topological polar surface area (TPSA) is 69.6 Å². The molecule has 0 aliphatic carbocycles. The minimum Gasteiger partial charge on any atom is -0.481 e. The molecule has 0 aromatic heterocycles. The quantitative estimate of drug-likeness (QED) is 0.870. The van der Waals surface area contributed by atoms with Crippen molar-refractivity contribution in [3.8, 4) is 0 Å². The zero-order valence-corrected chi connectivity index (χ0v) is 11.1. The lowest BCUT2D eigenvalue weighted by Crippen LogP contribution is -2.50. The third-order valence-electron chi connectivity index (χ3n) is 3.25. The van der Waals surface area contributed by atoms with Crippen LogP contribution < -0.4 is 10.2 Å². The molecule has 1 aliphatic heterocycles. The van der Waals surface area contributed by atoms with Gasteiger partial charge < -0.3 is 15.3 Å². The molecule has 0 saturated heterocycles. The van der Waals surface area contributed by atoms with E-state index in [1.54, 1.807) is 4.90 Å². The smallest absolute Gasteiger partial charge is 0.305 e. The Kier molecular flexibility index (Phi) is 3.74. The second kappa shape index (κ2) is 5.30. The van der Waals surface area contributed by atoms with Crippen LogP contribution in [0.3, 0.4) is 0 Å². The number of hydrogen-bond donors (Lipinski definition) is 2. The Morgan fingerprint density at radius 3 is 2.74 bits per heavy atom. The molecule has 1 aliphatic rings. The Labute approximate surface area is 112 Å². The number of carboxylic acid groups (broad SMARTS) is 1. The van der Waals surface area contributed by atoms with Crippen LogP contribution in [0.25, 0.3) is 0 Å². The van der Waals surface area contributed by atoms with Crippen molar-refractivity contribution in [1.29, 1.82) is 0 Å². The average molecular weight is 262 g/mol. The molecule has 19 heavy (non-hydrogen) atoms. The molecule has 1 aromatic carbocycles. The van der Waals surface area contributed by atoms with E-state index in [4.69, 9.17) is 5.11 Å². The van der Waals surface area contributed by atoms with Gasteiger partial charge in [0.1, 0.15) is 6.04 Å². The van der Waals surface area contributed by atoms with Crippen molar-refractivity contribution < 1.29 is 14.7 Å². The van der Waals surface area contributed by atoms with Gasteiger partial charge in [0.2, 0.25) is 5.91 Å². The first kappa shape index (κ1) is 13.4. The van der Waals surface area contributed by atoms with Gasteiger partial charge in [-0.3, -0.25) is 9.59 Å². The van der Waals surface area contributed by atoms with Gasteiger partial charge in [0.25, 0.3) is 0 Å². The van der Waals surface area contributed by atoms with Gasteiger partial charge in [-0.25, -0.2) is 0 Å². The van der Waals surface area contributed by atoms with E-state index in [0.717, 1.165) is 11.4 Å². The van der Waals surface area contributed by atoms with Crippen molar-refractivity contribution in [2.45, 2.75) is 26.3 Å². The average Bonchev–Trinajstić information content (AvgIpc) is 2.36. The van der Waals surface area contributed by atoms with Crippen LogP contribution in [0, 0.1) is 5.92 Å². The fourth-order valence-electron chi connectivity index (χ4n) is 2.24. The second-order valence-corrected chi connectivity index (χ2v) is 5.02. The Morgan fingerprint density at radius 2 is 2.11 bits per heavy atom. The van der Waals surface area contributed by atoms with Crippen molar-refractivity contribution in [3.05, 3.63) is 24.3 Å². The number of nitrogens with one attached hydrogen (secondary N) is 1. The monoisotopic (exact) mass is 262 g/mol. The first-order valence-corrected chi connectivity index (χ1v) is 6.39. The number of aliphatic carboxylic acids is 1. The summed E-state index contributed by atoms with van der Waals surface area (Å²) in [7, 11) is 0. The second-order valence-electron chi connectivity index (χ2n) is 5.02. The van der Waals surface area contributed by atoms with Crippen molar-refractivity contribution in [2.24, 2.45) is 5.92 Å². The highest BCUT2D eigenvalue weighted by Crippen LogP contribution is 2.32. The molecule has 1 heterocycles. The molecule has 0 radical (unpaired) electrons. The van der Waals surface area contributed by atoms with Gasteiger partial charge in [0.15, 0.2) is 0 Å². The highest BCUT2D eigenvalue weighted by atomic mass is 16.4. The third kappa shape index (κ3) is 2.70. The number of benzene rings is 1. The number of carbonyl (C=O) groups excluding carboxylic acids is 1. The van der Waals surface area contributed by atoms with Gasteiger partial charge >= 0.3 is 5.97 Å². The lowest BCUT2D eigenvalue weighted by Gasteiger charge is -2.36. The maximum atomic E-state index is 12.4. The van der Waals surface area contributed by atoms with E-state index in [1.165, 1.54) is 0 Å². The maximum absolute atomic E-state index is 12.4. The number of carbonyl (C=O) groups is 2. The fraction of sp³-hybridized carbons (Fsp3) is 0.429. The standard InChI is InChI=1S/C14H18N2O3/c1-9(2)13-14(19)16(8-7-12(17)18)11-6-4-3-5-10(11)15-13/h3-6,9,13,15H,7-8H2,1-2H3,(H,17,18). The molecule has 1 unspecified atom stereocenters. The van der Waals surface area contributed by atoms with Crippen LogP contribution in [-0.2, 0) is 9.59 Å². The first-order valence-electron chi connectivity index (χ1n) is 6.39. The minimum atomic E-state index is -0.898. The van der Waals surface area contributed by atoms with E-state index < -0.39 is 5.97 Å². The molecule has 0 bridgehead atoms. The van der Waals surface area contributed by atoms with Gasteiger partial charge in [-0.05, 0) is 18.1 Å². The summed E-state index contributed by atoms with van der Waals surface area (Å²) in [4.78, 5) is 24.7. The van der Waals surface area contributed by atoms with E-state index in [-0.39, 0.29) is 30.8 Å². The van der Waals surface area contributed by atoms with Gasteiger partial charge in [-0.2, -0.15) is 0 Å². The summed E-state index contributed by atoms with van der Waals surface area (Å²) in [6, 6.07) is 7.18. The molecular weight excluding hydrogens is 244 g/mol. The number of amides is 1. The zero-order valence-electron chi connectivity index (χ0n) is 11.1. The Hall–Kier alpha value is -2.04. The highest BCUT2D eigenvalue weighted by Gasteiger charge is 2.33. The molecular formula is C14H18N2O3. The Bertz CT molecular complexity index is 499. The summed E-state index contributed by atoms with van der Waals surface area (Å²) in [6.07, 6.45) is -0.0507. The normalized spacial score (nSPS) is 18.2. The van der Waals surface area contributed by atoms with E-state index >= 15 is 0 Å². The number of anilines is 2. The van der Waals surface area contributed by atoms with Crippen molar-refractivity contribution >= 4 is 23.3 Å². The van der Waals surface area contributed by atoms with Crippen molar-refractivity contribution in [3.63, 3.8) is 0 Å². The van der Waals surface area contributed by atoms with Crippen LogP contribution in [0.4, 0.5) is 11.4 Å². The van der Waals surface area contributed by atoms with E-state index in [2.05, 4.69) is 5.32 Å². The zero-order chi connectivity index (χ0) is 14.0. The summed E-state index contributed by atoms with van der Waals surface area (Å²) in [6.45, 7) is 4.15. The van der Waals surface area contributed by atoms with Gasteiger partial charge in [0.05, 0.1) is 17.8 Å². The molecule has 5 nitrogen and oxygen atoms in total. The predicted octanol–water partition coefficient (Wildman–Crippen LogP) is 1.94. The number of rotatable bonds is 4. The lowest BCUT2D eigenvalue weighted by molar-refractivity contribution is -0.136. The molecule has 1 atom stereocenters. The summed E-state index contributed by atoms with van der Waals surface area (Å²) in [5.41, 5.74) is 1.64. The molecule has 2 N–H and O–H groups in total. The van der Waals surface area contributed by atoms with Crippen LogP contribution in [0.5, 0.6) is 0 Å². The molecule has 5 heteroatoms. The van der Waals surface area contributed by atoms with Crippen LogP contribution in [0.1, 0.15) is 20.3 Å². The van der Waals surface area contributed by atoms with Crippen molar-refractivity contribution in [1.82, 2.24) is 0 Å². The van der Waals surface area contributed by atoms with Crippen LogP contribution in [-0.4, -0.2) is 29.6 Å². The van der Waals surface area contributed by atoms with E-state index in [1.807, 2.05) is 38.1 Å². The number of carboxylic acids is 1. The maximum Gasteiger partial charge on any atom is 0.305 e. The molecule has 0 fully saturated rings. The van der Waals surface area contributed by atoms with Crippen LogP contribution in [0.2, 0.25) is 0 Å². The Balaban J connectivity index is 2.32. The number of para-hydroxylation sites is 2. The number of fused-ring (bicyclic) bond motifs is 1. The van der Waals surface area contributed by atoms with Crippen LogP contribution in [0.15, 0.2) is 24.3 Å². The van der Waals surface area contributed by atoms with Gasteiger partial charge in [0, 0.05) is 6.54 Å². The lowest BCUT2D eigenvalue weighted by atomic mass is 9.98. The number of hydrogen-bond acceptors (Lipinski definition) is 3. The summed E-state index contributed by atoms with van der Waals surface area (Å²) >= 11 is 0. The van der Waals surface area contributed by atoms with Crippen molar-refractivity contribution in [2.75, 3.05) is 16.8 Å². The summed E-state index contributed by atoms with van der Waals surface area (Å²) in [5.74, 6) is -0.812. The molecule has 0 spiro atoms. The molecule has 102 valence electrons. The Morgan fingerprint density at radius 1 is 1.42 bits per heavy atom. The molecule has 1 aromatic rings. The summed E-state index contributed by atoms with van der Waals surface area (Å²) < 4.78 is 0. The molecule has 0 saturated carbocycles. The van der Waals surface area contributed by atoms with E-state index in [0.29, 0.717) is 0 Å². The van der Waals surface area contributed by atoms with Crippen LogP contribution >= 0.6 is 0 Å². The van der Waals surface area contributed by atoms with Gasteiger partial charge in [-0.1, -0.05) is 26.0 Å². The highest BCUT2D eigenvalue weighted by molar-refractivity contribution is 6.05.